The summed E-state index contributed by atoms with van der Waals surface area (Å²) in [6.45, 7) is 8.10. The Balaban J connectivity index is 2.45. The lowest BCUT2D eigenvalue weighted by Gasteiger charge is -2.22. The summed E-state index contributed by atoms with van der Waals surface area (Å²) in [6, 6.07) is 8.43. The first kappa shape index (κ1) is 13.8. The number of H-pyrrole nitrogens is 1. The standard InChI is InChI=1S/C14H20N4S/c1-4-9-18-13(15-16-14(18)19)17(5-2)12-8-6-7-11(3)10-12/h6-8,10H,4-5,9H2,1-3H3,(H,16,19). The van der Waals surface area contributed by atoms with E-state index < -0.39 is 0 Å². The van der Waals surface area contributed by atoms with Crippen LogP contribution in [0, 0.1) is 11.7 Å². The lowest BCUT2D eigenvalue weighted by atomic mass is 10.2. The third-order valence-corrected chi connectivity index (χ3v) is 3.37. The summed E-state index contributed by atoms with van der Waals surface area (Å²) in [5.74, 6) is 0.889. The molecule has 0 aliphatic heterocycles. The van der Waals surface area contributed by atoms with Crippen LogP contribution in [0.1, 0.15) is 25.8 Å². The molecule has 2 aromatic rings. The Bertz CT molecular complexity index is 599. The van der Waals surface area contributed by atoms with Gasteiger partial charge >= 0.3 is 0 Å². The molecular formula is C14H20N4S. The van der Waals surface area contributed by atoms with Crippen molar-refractivity contribution in [3.05, 3.63) is 34.6 Å². The summed E-state index contributed by atoms with van der Waals surface area (Å²) >= 11 is 5.30. The second kappa shape index (κ2) is 6.02. The molecule has 1 aromatic heterocycles. The molecule has 19 heavy (non-hydrogen) atoms. The summed E-state index contributed by atoms with van der Waals surface area (Å²) in [4.78, 5) is 2.18. The highest BCUT2D eigenvalue weighted by molar-refractivity contribution is 7.71. The van der Waals surface area contributed by atoms with Gasteiger partial charge in [0.1, 0.15) is 0 Å². The van der Waals surface area contributed by atoms with Gasteiger partial charge < -0.3 is 4.90 Å². The third-order valence-electron chi connectivity index (χ3n) is 3.06. The van der Waals surface area contributed by atoms with Crippen molar-refractivity contribution < 1.29 is 0 Å². The van der Waals surface area contributed by atoms with Crippen molar-refractivity contribution in [2.24, 2.45) is 0 Å². The topological polar surface area (TPSA) is 36.9 Å². The van der Waals surface area contributed by atoms with Crippen molar-refractivity contribution in [1.29, 1.82) is 0 Å². The largest absolute Gasteiger partial charge is 0.311 e. The molecule has 0 spiro atoms. The minimum Gasteiger partial charge on any atom is -0.311 e. The van der Waals surface area contributed by atoms with Gasteiger partial charge in [0, 0.05) is 18.8 Å². The van der Waals surface area contributed by atoms with Crippen LogP contribution in [0.4, 0.5) is 11.6 Å². The Morgan fingerprint density at radius 1 is 1.37 bits per heavy atom. The van der Waals surface area contributed by atoms with E-state index in [4.69, 9.17) is 12.2 Å². The molecule has 1 heterocycles. The molecule has 102 valence electrons. The third kappa shape index (κ3) is 2.87. The van der Waals surface area contributed by atoms with Gasteiger partial charge in [-0.15, -0.1) is 5.10 Å². The quantitative estimate of drug-likeness (QED) is 0.844. The molecule has 0 saturated carbocycles. The summed E-state index contributed by atoms with van der Waals surface area (Å²) in [6.07, 6.45) is 1.03. The van der Waals surface area contributed by atoms with E-state index in [-0.39, 0.29) is 0 Å². The highest BCUT2D eigenvalue weighted by Gasteiger charge is 2.14. The predicted octanol–water partition coefficient (Wildman–Crippen LogP) is 3.82. The number of hydrogen-bond donors (Lipinski definition) is 1. The molecule has 0 fully saturated rings. The highest BCUT2D eigenvalue weighted by atomic mass is 32.1. The van der Waals surface area contributed by atoms with Gasteiger partial charge in [0.25, 0.3) is 0 Å². The van der Waals surface area contributed by atoms with Gasteiger partial charge in [0.15, 0.2) is 4.77 Å². The number of nitrogens with one attached hydrogen (secondary N) is 1. The zero-order valence-electron chi connectivity index (χ0n) is 11.7. The molecule has 0 unspecified atom stereocenters. The Labute approximate surface area is 119 Å². The van der Waals surface area contributed by atoms with E-state index in [2.05, 4.69) is 64.7 Å². The predicted molar refractivity (Wildman–Crippen MR) is 81.6 cm³/mol. The summed E-state index contributed by atoms with van der Waals surface area (Å²) in [5, 5.41) is 7.28. The summed E-state index contributed by atoms with van der Waals surface area (Å²) < 4.78 is 2.74. The molecule has 0 bridgehead atoms. The average Bonchev–Trinajstić information content (AvgIpc) is 2.74. The van der Waals surface area contributed by atoms with E-state index in [1.165, 1.54) is 5.56 Å². The van der Waals surface area contributed by atoms with E-state index in [1.807, 2.05) is 0 Å². The van der Waals surface area contributed by atoms with Crippen LogP contribution in [0.5, 0.6) is 0 Å². The molecule has 0 radical (unpaired) electrons. The van der Waals surface area contributed by atoms with E-state index in [1.54, 1.807) is 0 Å². The fourth-order valence-electron chi connectivity index (χ4n) is 2.18. The van der Waals surface area contributed by atoms with E-state index >= 15 is 0 Å². The van der Waals surface area contributed by atoms with E-state index in [0.29, 0.717) is 4.77 Å². The van der Waals surface area contributed by atoms with Crippen LogP contribution in [0.25, 0.3) is 0 Å². The SMILES string of the molecule is CCCn1c(N(CC)c2cccc(C)c2)n[nH]c1=S. The van der Waals surface area contributed by atoms with Crippen LogP contribution in [-0.2, 0) is 6.54 Å². The maximum absolute atomic E-state index is 5.30. The van der Waals surface area contributed by atoms with Crippen LogP contribution in [-0.4, -0.2) is 21.3 Å². The van der Waals surface area contributed by atoms with E-state index in [9.17, 15) is 0 Å². The molecule has 2 rings (SSSR count). The number of aryl methyl sites for hydroxylation is 1. The number of nitrogens with zero attached hydrogens (tertiary/aromatic N) is 3. The van der Waals surface area contributed by atoms with Gasteiger partial charge in [-0.25, -0.2) is 5.10 Å². The first-order valence-corrected chi connectivity index (χ1v) is 7.07. The molecule has 0 amide bonds. The number of aromatic amines is 1. The second-order valence-electron chi connectivity index (χ2n) is 4.56. The second-order valence-corrected chi connectivity index (χ2v) is 4.95. The van der Waals surface area contributed by atoms with Gasteiger partial charge in [-0.05, 0) is 50.2 Å². The van der Waals surface area contributed by atoms with Crippen LogP contribution < -0.4 is 4.90 Å². The normalized spacial score (nSPS) is 10.7. The fourth-order valence-corrected chi connectivity index (χ4v) is 2.39. The number of hydrogen-bond acceptors (Lipinski definition) is 3. The van der Waals surface area contributed by atoms with Gasteiger partial charge in [-0.3, -0.25) is 4.57 Å². The Morgan fingerprint density at radius 3 is 2.79 bits per heavy atom. The van der Waals surface area contributed by atoms with Gasteiger partial charge in [0.2, 0.25) is 5.95 Å². The fraction of sp³-hybridized carbons (Fsp3) is 0.429. The van der Waals surface area contributed by atoms with Crippen LogP contribution in [0.15, 0.2) is 24.3 Å². The molecule has 0 aliphatic rings. The van der Waals surface area contributed by atoms with Crippen molar-refractivity contribution >= 4 is 23.9 Å². The zero-order chi connectivity index (χ0) is 13.8. The van der Waals surface area contributed by atoms with Crippen molar-refractivity contribution in [2.75, 3.05) is 11.4 Å². The van der Waals surface area contributed by atoms with Crippen molar-refractivity contribution in [3.63, 3.8) is 0 Å². The number of benzene rings is 1. The Kier molecular flexibility index (Phi) is 4.37. The molecule has 0 aliphatic carbocycles. The maximum atomic E-state index is 5.30. The average molecular weight is 276 g/mol. The van der Waals surface area contributed by atoms with Gasteiger partial charge in [-0.2, -0.15) is 0 Å². The smallest absolute Gasteiger partial charge is 0.230 e. The van der Waals surface area contributed by atoms with Crippen molar-refractivity contribution in [3.8, 4) is 0 Å². The van der Waals surface area contributed by atoms with Gasteiger partial charge in [0.05, 0.1) is 0 Å². The Morgan fingerprint density at radius 2 is 2.16 bits per heavy atom. The first-order chi connectivity index (χ1) is 9.17. The molecule has 1 N–H and O–H groups in total. The number of aromatic nitrogens is 3. The highest BCUT2D eigenvalue weighted by Crippen LogP contribution is 2.24. The number of rotatable bonds is 5. The van der Waals surface area contributed by atoms with E-state index in [0.717, 1.165) is 31.1 Å². The summed E-state index contributed by atoms with van der Waals surface area (Å²) in [7, 11) is 0. The van der Waals surface area contributed by atoms with Gasteiger partial charge in [-0.1, -0.05) is 19.1 Å². The molecular weight excluding hydrogens is 256 g/mol. The van der Waals surface area contributed by atoms with Crippen LogP contribution >= 0.6 is 12.2 Å². The lowest BCUT2D eigenvalue weighted by Crippen LogP contribution is -2.21. The monoisotopic (exact) mass is 276 g/mol. The zero-order valence-corrected chi connectivity index (χ0v) is 12.5. The van der Waals surface area contributed by atoms with Crippen molar-refractivity contribution in [1.82, 2.24) is 14.8 Å². The Hall–Kier alpha value is -1.62. The van der Waals surface area contributed by atoms with Crippen LogP contribution in [0.2, 0.25) is 0 Å². The molecule has 0 atom stereocenters. The van der Waals surface area contributed by atoms with Crippen LogP contribution in [0.3, 0.4) is 0 Å². The molecule has 4 nitrogen and oxygen atoms in total. The number of anilines is 2. The molecule has 0 saturated heterocycles. The molecule has 1 aromatic carbocycles. The molecule has 5 heteroatoms. The lowest BCUT2D eigenvalue weighted by molar-refractivity contribution is 0.662. The minimum absolute atomic E-state index is 0.683. The first-order valence-electron chi connectivity index (χ1n) is 6.66. The minimum atomic E-state index is 0.683. The maximum Gasteiger partial charge on any atom is 0.230 e. The van der Waals surface area contributed by atoms with Crippen molar-refractivity contribution in [2.45, 2.75) is 33.7 Å². The summed E-state index contributed by atoms with van der Waals surface area (Å²) in [5.41, 5.74) is 2.39.